The Labute approximate surface area is 243 Å². The summed E-state index contributed by atoms with van der Waals surface area (Å²) in [5.74, 6) is 0. The van der Waals surface area contributed by atoms with E-state index >= 15 is 0 Å². The zero-order valence-electron chi connectivity index (χ0n) is 22.8. The smallest absolute Gasteiger partial charge is 0.229 e. The highest BCUT2D eigenvalue weighted by molar-refractivity contribution is 6.18. The van der Waals surface area contributed by atoms with Crippen molar-refractivity contribution in [3.8, 4) is 22.3 Å². The SMILES string of the molecule is c1ccc(-c2ccc(N(c3cccc(-c4ccccc4)c3)c3ccnc4oc5c6ccccc6ccc5c34)cc2)cc1. The molecule has 0 N–H and O–H groups in total. The maximum Gasteiger partial charge on any atom is 0.229 e. The Bertz CT molecular complexity index is 2180. The highest BCUT2D eigenvalue weighted by atomic mass is 16.3. The molecule has 0 saturated heterocycles. The molecule has 0 radical (unpaired) electrons. The molecule has 8 aromatic rings. The number of pyridine rings is 1. The first kappa shape index (κ1) is 24.2. The summed E-state index contributed by atoms with van der Waals surface area (Å²) in [7, 11) is 0. The molecule has 0 spiro atoms. The Hall–Kier alpha value is -5.67. The van der Waals surface area contributed by atoms with Gasteiger partial charge in [0.25, 0.3) is 0 Å². The third kappa shape index (κ3) is 4.11. The molecule has 3 nitrogen and oxygen atoms in total. The Balaban J connectivity index is 1.36. The number of benzene rings is 6. The van der Waals surface area contributed by atoms with Crippen molar-refractivity contribution >= 4 is 49.9 Å². The van der Waals surface area contributed by atoms with E-state index in [1.165, 1.54) is 16.7 Å². The minimum atomic E-state index is 0.629. The summed E-state index contributed by atoms with van der Waals surface area (Å²) in [6, 6.07) is 53.2. The van der Waals surface area contributed by atoms with Crippen LogP contribution >= 0.6 is 0 Å². The van der Waals surface area contributed by atoms with Gasteiger partial charge in [0.2, 0.25) is 5.71 Å². The van der Waals surface area contributed by atoms with Crippen molar-refractivity contribution in [1.29, 1.82) is 0 Å². The van der Waals surface area contributed by atoms with Gasteiger partial charge in [-0.25, -0.2) is 4.98 Å². The second kappa shape index (κ2) is 10.1. The first-order valence-electron chi connectivity index (χ1n) is 14.1. The van der Waals surface area contributed by atoms with Gasteiger partial charge in [0.05, 0.1) is 11.1 Å². The third-order valence-corrected chi connectivity index (χ3v) is 7.93. The van der Waals surface area contributed by atoms with Crippen LogP contribution in [-0.2, 0) is 0 Å². The molecule has 0 unspecified atom stereocenters. The fourth-order valence-corrected chi connectivity index (χ4v) is 5.91. The molecule has 0 aliphatic carbocycles. The van der Waals surface area contributed by atoms with Crippen LogP contribution in [0, 0.1) is 0 Å². The van der Waals surface area contributed by atoms with E-state index in [0.29, 0.717) is 5.71 Å². The van der Waals surface area contributed by atoms with E-state index in [2.05, 4.69) is 155 Å². The molecule has 0 aliphatic heterocycles. The molecule has 0 fully saturated rings. The van der Waals surface area contributed by atoms with Crippen molar-refractivity contribution in [3.05, 3.63) is 158 Å². The average Bonchev–Trinajstić information content (AvgIpc) is 3.46. The third-order valence-electron chi connectivity index (χ3n) is 7.93. The Morgan fingerprint density at radius 3 is 1.93 bits per heavy atom. The topological polar surface area (TPSA) is 29.3 Å². The molecule has 6 aromatic carbocycles. The lowest BCUT2D eigenvalue weighted by Gasteiger charge is -2.26. The molecule has 8 rings (SSSR count). The Kier molecular flexibility index (Phi) is 5.79. The molecular weight excluding hydrogens is 512 g/mol. The number of nitrogens with zero attached hydrogens (tertiary/aromatic N) is 2. The van der Waals surface area contributed by atoms with Crippen LogP contribution in [0.2, 0.25) is 0 Å². The van der Waals surface area contributed by atoms with E-state index in [0.717, 1.165) is 49.8 Å². The quantitative estimate of drug-likeness (QED) is 0.218. The van der Waals surface area contributed by atoms with Crippen LogP contribution in [0.4, 0.5) is 17.1 Å². The van der Waals surface area contributed by atoms with E-state index < -0.39 is 0 Å². The molecule has 0 saturated carbocycles. The number of furan rings is 1. The van der Waals surface area contributed by atoms with E-state index in [1.54, 1.807) is 0 Å². The van der Waals surface area contributed by atoms with Crippen molar-refractivity contribution in [2.75, 3.05) is 4.90 Å². The zero-order valence-corrected chi connectivity index (χ0v) is 22.8. The molecule has 42 heavy (non-hydrogen) atoms. The lowest BCUT2D eigenvalue weighted by molar-refractivity contribution is 0.657. The van der Waals surface area contributed by atoms with Gasteiger partial charge in [-0.3, -0.25) is 0 Å². The minimum absolute atomic E-state index is 0.629. The van der Waals surface area contributed by atoms with Gasteiger partial charge in [-0.05, 0) is 64.0 Å². The van der Waals surface area contributed by atoms with Crippen LogP contribution in [0.1, 0.15) is 0 Å². The second-order valence-electron chi connectivity index (χ2n) is 10.4. The van der Waals surface area contributed by atoms with Crippen LogP contribution in [0.3, 0.4) is 0 Å². The van der Waals surface area contributed by atoms with E-state index in [9.17, 15) is 0 Å². The number of fused-ring (bicyclic) bond motifs is 5. The van der Waals surface area contributed by atoms with Gasteiger partial charge >= 0.3 is 0 Å². The molecule has 2 aromatic heterocycles. The van der Waals surface area contributed by atoms with E-state index in [-0.39, 0.29) is 0 Å². The average molecular weight is 539 g/mol. The lowest BCUT2D eigenvalue weighted by Crippen LogP contribution is -2.10. The number of anilines is 3. The molecule has 0 bridgehead atoms. The van der Waals surface area contributed by atoms with Crippen molar-refractivity contribution in [1.82, 2.24) is 4.98 Å². The van der Waals surface area contributed by atoms with Gasteiger partial charge in [-0.2, -0.15) is 0 Å². The molecule has 3 heteroatoms. The van der Waals surface area contributed by atoms with Gasteiger partial charge in [-0.15, -0.1) is 0 Å². The standard InChI is InChI=1S/C39H26N2O/c1-3-10-27(11-4-1)29-18-21-32(22-19-29)41(33-16-9-15-31(26-33)28-12-5-2-6-13-28)36-24-25-40-39-37(36)35-23-20-30-14-7-8-17-34(30)38(35)42-39/h1-26H. The van der Waals surface area contributed by atoms with Crippen molar-refractivity contribution in [2.45, 2.75) is 0 Å². The number of aromatic nitrogens is 1. The van der Waals surface area contributed by atoms with Gasteiger partial charge < -0.3 is 9.32 Å². The summed E-state index contributed by atoms with van der Waals surface area (Å²) in [6.07, 6.45) is 1.84. The van der Waals surface area contributed by atoms with Crippen molar-refractivity contribution < 1.29 is 4.42 Å². The highest BCUT2D eigenvalue weighted by Gasteiger charge is 2.21. The number of hydrogen-bond acceptors (Lipinski definition) is 3. The van der Waals surface area contributed by atoms with E-state index in [1.807, 2.05) is 12.3 Å². The number of rotatable bonds is 5. The predicted molar refractivity (Wildman–Crippen MR) is 175 cm³/mol. The lowest BCUT2D eigenvalue weighted by atomic mass is 10.0. The molecule has 2 heterocycles. The summed E-state index contributed by atoms with van der Waals surface area (Å²) in [5, 5.41) is 4.28. The van der Waals surface area contributed by atoms with Gasteiger partial charge in [0, 0.05) is 28.3 Å². The summed E-state index contributed by atoms with van der Waals surface area (Å²) in [6.45, 7) is 0. The summed E-state index contributed by atoms with van der Waals surface area (Å²) in [4.78, 5) is 7.00. The number of hydrogen-bond donors (Lipinski definition) is 0. The maximum absolute atomic E-state index is 6.46. The van der Waals surface area contributed by atoms with Gasteiger partial charge in [0.1, 0.15) is 5.58 Å². The molecule has 0 amide bonds. The van der Waals surface area contributed by atoms with Crippen LogP contribution in [0.15, 0.2) is 162 Å². The minimum Gasteiger partial charge on any atom is -0.437 e. The molecular formula is C39H26N2O. The Morgan fingerprint density at radius 1 is 0.476 bits per heavy atom. The summed E-state index contributed by atoms with van der Waals surface area (Å²) >= 11 is 0. The Morgan fingerprint density at radius 2 is 1.14 bits per heavy atom. The maximum atomic E-state index is 6.46. The zero-order chi connectivity index (χ0) is 27.9. The van der Waals surface area contributed by atoms with Gasteiger partial charge in [-0.1, -0.05) is 115 Å². The first-order chi connectivity index (χ1) is 20.8. The largest absolute Gasteiger partial charge is 0.437 e. The van der Waals surface area contributed by atoms with Crippen molar-refractivity contribution in [2.24, 2.45) is 0 Å². The van der Waals surface area contributed by atoms with Crippen LogP contribution in [0.5, 0.6) is 0 Å². The van der Waals surface area contributed by atoms with Crippen molar-refractivity contribution in [3.63, 3.8) is 0 Å². The summed E-state index contributed by atoms with van der Waals surface area (Å²) < 4.78 is 6.46. The fraction of sp³-hybridized carbons (Fsp3) is 0. The van der Waals surface area contributed by atoms with Gasteiger partial charge in [0.15, 0.2) is 0 Å². The second-order valence-corrected chi connectivity index (χ2v) is 10.4. The molecule has 0 aliphatic rings. The monoisotopic (exact) mass is 538 g/mol. The van der Waals surface area contributed by atoms with Crippen LogP contribution < -0.4 is 4.90 Å². The predicted octanol–water partition coefficient (Wildman–Crippen LogP) is 10.9. The molecule has 0 atom stereocenters. The fourth-order valence-electron chi connectivity index (χ4n) is 5.91. The normalized spacial score (nSPS) is 11.3. The van der Waals surface area contributed by atoms with Crippen LogP contribution in [-0.4, -0.2) is 4.98 Å². The molecule has 198 valence electrons. The van der Waals surface area contributed by atoms with E-state index in [4.69, 9.17) is 4.42 Å². The first-order valence-corrected chi connectivity index (χ1v) is 14.1. The summed E-state index contributed by atoms with van der Waals surface area (Å²) in [5.41, 5.74) is 9.34. The van der Waals surface area contributed by atoms with Crippen LogP contribution in [0.25, 0.3) is 55.1 Å². The highest BCUT2D eigenvalue weighted by Crippen LogP contribution is 2.44.